The van der Waals surface area contributed by atoms with E-state index >= 15 is 0 Å². The number of rotatable bonds is 1. The molecule has 0 saturated heterocycles. The van der Waals surface area contributed by atoms with Crippen LogP contribution in [0.3, 0.4) is 0 Å². The van der Waals surface area contributed by atoms with Crippen molar-refractivity contribution in [3.63, 3.8) is 0 Å². The van der Waals surface area contributed by atoms with Crippen LogP contribution in [0.15, 0.2) is 12.3 Å². The van der Waals surface area contributed by atoms with Crippen molar-refractivity contribution in [3.05, 3.63) is 29.3 Å². The number of nitrogens with zero attached hydrogens (tertiary/aromatic N) is 2. The highest BCUT2D eigenvalue weighted by Gasteiger charge is 2.45. The molecule has 0 unspecified atom stereocenters. The molecule has 0 radical (unpaired) electrons. The lowest BCUT2D eigenvalue weighted by atomic mass is 9.99. The van der Waals surface area contributed by atoms with Gasteiger partial charge in [-0.1, -0.05) is 0 Å². The smallest absolute Gasteiger partial charge is 0.215 e. The van der Waals surface area contributed by atoms with E-state index in [1.54, 1.807) is 13.0 Å². The molecule has 1 aliphatic carbocycles. The average molecular weight is 176 g/mol. The van der Waals surface area contributed by atoms with E-state index < -0.39 is 5.95 Å². The van der Waals surface area contributed by atoms with Gasteiger partial charge in [0.25, 0.3) is 0 Å². The van der Waals surface area contributed by atoms with Crippen molar-refractivity contribution in [1.29, 1.82) is 5.26 Å². The Bertz CT molecular complexity index is 388. The maximum atomic E-state index is 12.8. The van der Waals surface area contributed by atoms with E-state index in [0.29, 0.717) is 5.56 Å². The molecule has 2 nitrogen and oxygen atoms in total. The number of pyridine rings is 1. The lowest BCUT2D eigenvalue weighted by Gasteiger charge is -2.05. The summed E-state index contributed by atoms with van der Waals surface area (Å²) < 4.78 is 12.8. The maximum absolute atomic E-state index is 12.8. The fourth-order valence-corrected chi connectivity index (χ4v) is 1.41. The van der Waals surface area contributed by atoms with Gasteiger partial charge < -0.3 is 0 Å². The van der Waals surface area contributed by atoms with Crippen molar-refractivity contribution in [1.82, 2.24) is 4.98 Å². The van der Waals surface area contributed by atoms with E-state index in [1.165, 1.54) is 6.20 Å². The minimum Gasteiger partial charge on any atom is -0.228 e. The highest BCUT2D eigenvalue weighted by Crippen LogP contribution is 2.47. The summed E-state index contributed by atoms with van der Waals surface area (Å²) in [5.74, 6) is -0.447. The molecule has 0 spiro atoms. The van der Waals surface area contributed by atoms with Crippen LogP contribution < -0.4 is 0 Å². The zero-order valence-corrected chi connectivity index (χ0v) is 7.34. The lowest BCUT2D eigenvalue weighted by Crippen LogP contribution is -2.04. The standard InChI is InChI=1S/C10H9FN2/c1-7-4-8(5-13-9(7)11)10(6-12)2-3-10/h4-5H,2-3H2,1H3. The molecular weight excluding hydrogens is 167 g/mol. The van der Waals surface area contributed by atoms with Crippen LogP contribution >= 0.6 is 0 Å². The molecule has 1 aliphatic rings. The number of nitriles is 1. The normalized spacial score (nSPS) is 17.9. The predicted octanol–water partition coefficient (Wildman–Crippen LogP) is 2.08. The van der Waals surface area contributed by atoms with E-state index in [4.69, 9.17) is 5.26 Å². The summed E-state index contributed by atoms with van der Waals surface area (Å²) in [4.78, 5) is 3.62. The number of aromatic nitrogens is 1. The Morgan fingerprint density at radius 1 is 1.62 bits per heavy atom. The largest absolute Gasteiger partial charge is 0.228 e. The Morgan fingerprint density at radius 2 is 2.31 bits per heavy atom. The minimum atomic E-state index is -0.447. The molecule has 0 aromatic carbocycles. The van der Waals surface area contributed by atoms with Crippen molar-refractivity contribution >= 4 is 0 Å². The van der Waals surface area contributed by atoms with Crippen LogP contribution in [-0.4, -0.2) is 4.98 Å². The Hall–Kier alpha value is -1.43. The van der Waals surface area contributed by atoms with Crippen molar-refractivity contribution in [3.8, 4) is 6.07 Å². The quantitative estimate of drug-likeness (QED) is 0.614. The summed E-state index contributed by atoms with van der Waals surface area (Å²) in [6.45, 7) is 1.67. The molecule has 1 aromatic rings. The van der Waals surface area contributed by atoms with Crippen molar-refractivity contribution < 1.29 is 4.39 Å². The van der Waals surface area contributed by atoms with E-state index in [2.05, 4.69) is 11.1 Å². The predicted molar refractivity (Wildman–Crippen MR) is 45.5 cm³/mol. The Kier molecular flexibility index (Phi) is 1.59. The average Bonchev–Trinajstić information content (AvgIpc) is 2.90. The molecule has 2 rings (SSSR count). The minimum absolute atomic E-state index is 0.356. The second-order valence-electron chi connectivity index (χ2n) is 3.53. The highest BCUT2D eigenvalue weighted by molar-refractivity contribution is 5.38. The van der Waals surface area contributed by atoms with E-state index in [9.17, 15) is 4.39 Å². The second-order valence-corrected chi connectivity index (χ2v) is 3.53. The fraction of sp³-hybridized carbons (Fsp3) is 0.400. The van der Waals surface area contributed by atoms with Gasteiger partial charge in [-0.2, -0.15) is 9.65 Å². The van der Waals surface area contributed by atoms with Crippen molar-refractivity contribution in [2.24, 2.45) is 0 Å². The molecule has 0 N–H and O–H groups in total. The molecule has 1 saturated carbocycles. The molecule has 66 valence electrons. The first kappa shape index (κ1) is 8.18. The van der Waals surface area contributed by atoms with Gasteiger partial charge in [-0.15, -0.1) is 0 Å². The van der Waals surface area contributed by atoms with Crippen molar-refractivity contribution in [2.45, 2.75) is 25.2 Å². The Morgan fingerprint density at radius 3 is 2.77 bits per heavy atom. The third kappa shape index (κ3) is 1.19. The summed E-state index contributed by atoms with van der Waals surface area (Å²) >= 11 is 0. The zero-order chi connectivity index (χ0) is 9.47. The van der Waals surface area contributed by atoms with Gasteiger partial charge >= 0.3 is 0 Å². The molecular formula is C10H9FN2. The van der Waals surface area contributed by atoms with Gasteiger partial charge in [0, 0.05) is 11.8 Å². The molecule has 3 heteroatoms. The van der Waals surface area contributed by atoms with Crippen LogP contribution in [0.1, 0.15) is 24.0 Å². The first-order valence-electron chi connectivity index (χ1n) is 4.22. The molecule has 0 atom stereocenters. The van der Waals surface area contributed by atoms with Crippen LogP contribution in [0, 0.1) is 24.2 Å². The van der Waals surface area contributed by atoms with Gasteiger partial charge in [0.2, 0.25) is 5.95 Å². The topological polar surface area (TPSA) is 36.7 Å². The molecule has 0 amide bonds. The molecule has 0 bridgehead atoms. The van der Waals surface area contributed by atoms with E-state index in [-0.39, 0.29) is 5.41 Å². The molecule has 1 heterocycles. The summed E-state index contributed by atoms with van der Waals surface area (Å²) in [5, 5.41) is 8.90. The van der Waals surface area contributed by atoms with Crippen molar-refractivity contribution in [2.75, 3.05) is 0 Å². The SMILES string of the molecule is Cc1cc(C2(C#N)CC2)cnc1F. The third-order valence-electron chi connectivity index (χ3n) is 2.53. The maximum Gasteiger partial charge on any atom is 0.215 e. The van der Waals surface area contributed by atoms with Gasteiger partial charge in [-0.3, -0.25) is 0 Å². The summed E-state index contributed by atoms with van der Waals surface area (Å²) in [6.07, 6.45) is 3.21. The Labute approximate surface area is 76.0 Å². The lowest BCUT2D eigenvalue weighted by molar-refractivity contribution is 0.571. The first-order valence-corrected chi connectivity index (χ1v) is 4.22. The van der Waals surface area contributed by atoms with Gasteiger partial charge in [0.15, 0.2) is 0 Å². The van der Waals surface area contributed by atoms with Crippen LogP contribution in [0.5, 0.6) is 0 Å². The van der Waals surface area contributed by atoms with Gasteiger partial charge in [0.1, 0.15) is 0 Å². The van der Waals surface area contributed by atoms with Gasteiger partial charge in [-0.25, -0.2) is 4.98 Å². The fourth-order valence-electron chi connectivity index (χ4n) is 1.41. The second kappa shape index (κ2) is 2.53. The number of hydrogen-bond acceptors (Lipinski definition) is 2. The Balaban J connectivity index is 2.44. The van der Waals surface area contributed by atoms with E-state index in [0.717, 1.165) is 18.4 Å². The van der Waals surface area contributed by atoms with Gasteiger partial charge in [-0.05, 0) is 31.4 Å². The molecule has 1 fully saturated rings. The van der Waals surface area contributed by atoms with Crippen LogP contribution in [-0.2, 0) is 5.41 Å². The number of halogens is 1. The highest BCUT2D eigenvalue weighted by atomic mass is 19.1. The molecule has 0 aliphatic heterocycles. The van der Waals surface area contributed by atoms with Gasteiger partial charge in [0.05, 0.1) is 11.5 Å². The first-order chi connectivity index (χ1) is 6.18. The van der Waals surface area contributed by atoms with E-state index in [1.807, 2.05) is 0 Å². The number of aryl methyl sites for hydroxylation is 1. The zero-order valence-electron chi connectivity index (χ0n) is 7.34. The number of hydrogen-bond donors (Lipinski definition) is 0. The summed E-state index contributed by atoms with van der Waals surface area (Å²) in [7, 11) is 0. The van der Waals surface area contributed by atoms with Crippen LogP contribution in [0.25, 0.3) is 0 Å². The van der Waals surface area contributed by atoms with Crippen LogP contribution in [0.2, 0.25) is 0 Å². The monoisotopic (exact) mass is 176 g/mol. The summed E-state index contributed by atoms with van der Waals surface area (Å²) in [6, 6.07) is 3.97. The summed E-state index contributed by atoms with van der Waals surface area (Å²) in [5.41, 5.74) is 1.01. The third-order valence-corrected chi connectivity index (χ3v) is 2.53. The van der Waals surface area contributed by atoms with Crippen LogP contribution in [0.4, 0.5) is 4.39 Å². The molecule has 13 heavy (non-hydrogen) atoms. The molecule has 1 aromatic heterocycles.